The van der Waals surface area contributed by atoms with Gasteiger partial charge in [0.05, 0.1) is 0 Å². The lowest BCUT2D eigenvalue weighted by Gasteiger charge is -2.21. The summed E-state index contributed by atoms with van der Waals surface area (Å²) in [5.74, 6) is -0.451. The van der Waals surface area contributed by atoms with Gasteiger partial charge in [-0.2, -0.15) is 0 Å². The summed E-state index contributed by atoms with van der Waals surface area (Å²) in [5.41, 5.74) is 3.29. The first-order valence-corrected chi connectivity index (χ1v) is 8.52. The monoisotopic (exact) mass is 323 g/mol. The van der Waals surface area contributed by atoms with Crippen LogP contribution < -0.4 is 0 Å². The Hall–Kier alpha value is -2.42. The molecule has 0 heterocycles. The lowest BCUT2D eigenvalue weighted by atomic mass is 10.1. The minimum absolute atomic E-state index is 0.225. The van der Waals surface area contributed by atoms with Crippen molar-refractivity contribution in [3.8, 4) is 0 Å². The average molecular weight is 323 g/mol. The summed E-state index contributed by atoms with van der Waals surface area (Å²) < 4.78 is 0. The van der Waals surface area contributed by atoms with Crippen LogP contribution in [0.5, 0.6) is 0 Å². The van der Waals surface area contributed by atoms with E-state index in [0.29, 0.717) is 17.7 Å². The molecule has 2 amide bonds. The third kappa shape index (κ3) is 4.54. The summed E-state index contributed by atoms with van der Waals surface area (Å²) in [6, 6.07) is 14.7. The van der Waals surface area contributed by atoms with Crippen LogP contribution in [0, 0.1) is 13.8 Å². The lowest BCUT2D eigenvalue weighted by molar-refractivity contribution is 0.0613. The van der Waals surface area contributed by atoms with Gasteiger partial charge in [-0.25, -0.2) is 0 Å². The Morgan fingerprint density at radius 1 is 0.750 bits per heavy atom. The number of imide groups is 1. The summed E-state index contributed by atoms with van der Waals surface area (Å²) >= 11 is 0. The van der Waals surface area contributed by atoms with E-state index < -0.39 is 0 Å². The average Bonchev–Trinajstić information content (AvgIpc) is 2.59. The van der Waals surface area contributed by atoms with Crippen molar-refractivity contribution in [2.24, 2.45) is 0 Å². The maximum Gasteiger partial charge on any atom is 0.260 e. The molecule has 2 aromatic rings. The Morgan fingerprint density at radius 3 is 1.54 bits per heavy atom. The predicted molar refractivity (Wildman–Crippen MR) is 97.3 cm³/mol. The Kier molecular flexibility index (Phi) is 6.30. The number of carbonyl (C=O) groups excluding carboxylic acids is 2. The predicted octanol–water partition coefficient (Wildman–Crippen LogP) is 4.78. The van der Waals surface area contributed by atoms with Gasteiger partial charge in [0.2, 0.25) is 0 Å². The molecule has 3 heteroatoms. The van der Waals surface area contributed by atoms with Gasteiger partial charge in [0, 0.05) is 17.7 Å². The van der Waals surface area contributed by atoms with Crippen molar-refractivity contribution in [2.45, 2.75) is 40.0 Å². The van der Waals surface area contributed by atoms with Crippen LogP contribution in [-0.4, -0.2) is 23.3 Å². The van der Waals surface area contributed by atoms with Gasteiger partial charge in [0.25, 0.3) is 11.8 Å². The molecule has 0 bridgehead atoms. The summed E-state index contributed by atoms with van der Waals surface area (Å²) in [5, 5.41) is 0. The second-order valence-corrected chi connectivity index (χ2v) is 6.20. The molecular formula is C21H25NO2. The summed E-state index contributed by atoms with van der Waals surface area (Å²) in [6.07, 6.45) is 2.87. The molecule has 24 heavy (non-hydrogen) atoms. The molecule has 0 radical (unpaired) electrons. The number of nitrogens with zero attached hydrogens (tertiary/aromatic N) is 1. The van der Waals surface area contributed by atoms with E-state index in [1.165, 1.54) is 4.90 Å². The Morgan fingerprint density at radius 2 is 1.17 bits per heavy atom. The molecule has 0 spiro atoms. The molecular weight excluding hydrogens is 298 g/mol. The number of benzene rings is 2. The van der Waals surface area contributed by atoms with E-state index in [1.807, 2.05) is 38.1 Å². The van der Waals surface area contributed by atoms with Gasteiger partial charge in [-0.15, -0.1) is 0 Å². The normalized spacial score (nSPS) is 10.5. The fourth-order valence-corrected chi connectivity index (χ4v) is 2.52. The van der Waals surface area contributed by atoms with Crippen LogP contribution in [-0.2, 0) is 0 Å². The van der Waals surface area contributed by atoms with Gasteiger partial charge in [0.1, 0.15) is 0 Å². The first-order chi connectivity index (χ1) is 11.5. The zero-order valence-electron chi connectivity index (χ0n) is 14.7. The Balaban J connectivity index is 2.25. The van der Waals surface area contributed by atoms with Gasteiger partial charge < -0.3 is 0 Å². The van der Waals surface area contributed by atoms with E-state index in [4.69, 9.17) is 0 Å². The smallest absolute Gasteiger partial charge is 0.260 e. The Bertz CT molecular complexity index is 629. The zero-order chi connectivity index (χ0) is 17.5. The second-order valence-electron chi connectivity index (χ2n) is 6.20. The van der Waals surface area contributed by atoms with Gasteiger partial charge >= 0.3 is 0 Å². The topological polar surface area (TPSA) is 37.4 Å². The maximum atomic E-state index is 12.8. The van der Waals surface area contributed by atoms with E-state index in [2.05, 4.69) is 6.92 Å². The molecule has 0 N–H and O–H groups in total. The van der Waals surface area contributed by atoms with E-state index in [-0.39, 0.29) is 11.8 Å². The fourth-order valence-electron chi connectivity index (χ4n) is 2.52. The van der Waals surface area contributed by atoms with E-state index in [1.54, 1.807) is 24.3 Å². The van der Waals surface area contributed by atoms with Crippen LogP contribution >= 0.6 is 0 Å². The molecule has 0 saturated carbocycles. The van der Waals surface area contributed by atoms with Crippen LogP contribution in [0.25, 0.3) is 0 Å². The molecule has 0 fully saturated rings. The van der Waals surface area contributed by atoms with Crippen LogP contribution in [0.1, 0.15) is 58.0 Å². The molecule has 126 valence electrons. The van der Waals surface area contributed by atoms with Gasteiger partial charge in [-0.3, -0.25) is 14.5 Å². The molecule has 2 aromatic carbocycles. The highest BCUT2D eigenvalue weighted by Gasteiger charge is 2.23. The molecule has 0 atom stereocenters. The maximum absolute atomic E-state index is 12.8. The molecule has 0 unspecified atom stereocenters. The third-order valence-corrected chi connectivity index (χ3v) is 4.07. The van der Waals surface area contributed by atoms with Crippen molar-refractivity contribution < 1.29 is 9.59 Å². The van der Waals surface area contributed by atoms with Gasteiger partial charge in [0.15, 0.2) is 0 Å². The molecule has 0 aromatic heterocycles. The second kappa shape index (κ2) is 8.44. The molecule has 0 aliphatic rings. The van der Waals surface area contributed by atoms with Crippen molar-refractivity contribution in [3.05, 3.63) is 70.8 Å². The van der Waals surface area contributed by atoms with Crippen LogP contribution in [0.4, 0.5) is 0 Å². The van der Waals surface area contributed by atoms with Crippen LogP contribution in [0.3, 0.4) is 0 Å². The number of rotatable bonds is 6. The summed E-state index contributed by atoms with van der Waals surface area (Å²) in [6.45, 7) is 6.51. The first kappa shape index (κ1) is 17.9. The van der Waals surface area contributed by atoms with Crippen molar-refractivity contribution in [3.63, 3.8) is 0 Å². The van der Waals surface area contributed by atoms with Crippen LogP contribution in [0.15, 0.2) is 48.5 Å². The lowest BCUT2D eigenvalue weighted by Crippen LogP contribution is -2.37. The molecule has 0 aliphatic carbocycles. The van der Waals surface area contributed by atoms with Crippen LogP contribution in [0.2, 0.25) is 0 Å². The summed E-state index contributed by atoms with van der Waals surface area (Å²) in [4.78, 5) is 27.1. The SMILES string of the molecule is CCCCCN(C(=O)c1ccc(C)cc1)C(=O)c1ccc(C)cc1. The minimum atomic E-state index is -0.225. The zero-order valence-corrected chi connectivity index (χ0v) is 14.7. The third-order valence-electron chi connectivity index (χ3n) is 4.07. The van der Waals surface area contributed by atoms with Crippen molar-refractivity contribution in [1.82, 2.24) is 4.90 Å². The largest absolute Gasteiger partial charge is 0.274 e. The molecule has 2 rings (SSSR count). The first-order valence-electron chi connectivity index (χ1n) is 8.52. The van der Waals surface area contributed by atoms with Crippen molar-refractivity contribution in [2.75, 3.05) is 6.54 Å². The number of carbonyl (C=O) groups is 2. The van der Waals surface area contributed by atoms with E-state index in [0.717, 1.165) is 30.4 Å². The van der Waals surface area contributed by atoms with E-state index in [9.17, 15) is 9.59 Å². The standard InChI is InChI=1S/C21H25NO2/c1-4-5-6-15-22(20(23)18-11-7-16(2)8-12-18)21(24)19-13-9-17(3)10-14-19/h7-14H,4-6,15H2,1-3H3. The highest BCUT2D eigenvalue weighted by molar-refractivity contribution is 6.10. The minimum Gasteiger partial charge on any atom is -0.274 e. The summed E-state index contributed by atoms with van der Waals surface area (Å²) in [7, 11) is 0. The van der Waals surface area contributed by atoms with E-state index >= 15 is 0 Å². The fraction of sp³-hybridized carbons (Fsp3) is 0.333. The van der Waals surface area contributed by atoms with Gasteiger partial charge in [-0.05, 0) is 44.5 Å². The van der Waals surface area contributed by atoms with Crippen molar-refractivity contribution in [1.29, 1.82) is 0 Å². The van der Waals surface area contributed by atoms with Gasteiger partial charge in [-0.1, -0.05) is 55.2 Å². The number of hydrogen-bond acceptors (Lipinski definition) is 2. The highest BCUT2D eigenvalue weighted by atomic mass is 16.2. The number of unbranched alkanes of at least 4 members (excludes halogenated alkanes) is 2. The number of hydrogen-bond donors (Lipinski definition) is 0. The molecule has 3 nitrogen and oxygen atoms in total. The van der Waals surface area contributed by atoms with Crippen molar-refractivity contribution >= 4 is 11.8 Å². The molecule has 0 aliphatic heterocycles. The molecule has 0 saturated heterocycles. The number of aryl methyl sites for hydroxylation is 2. The highest BCUT2D eigenvalue weighted by Crippen LogP contribution is 2.14. The quantitative estimate of drug-likeness (QED) is 0.567. The number of amides is 2. The Labute approximate surface area is 144 Å².